The fourth-order valence-corrected chi connectivity index (χ4v) is 5.77. The van der Waals surface area contributed by atoms with Crippen LogP contribution in [0.1, 0.15) is 0 Å². The first-order chi connectivity index (χ1) is 18.8. The molecular formula is C35H23N3. The van der Waals surface area contributed by atoms with Crippen LogP contribution < -0.4 is 0 Å². The van der Waals surface area contributed by atoms with Crippen LogP contribution in [-0.4, -0.2) is 14.5 Å². The molecule has 0 bridgehead atoms. The average Bonchev–Trinajstić information content (AvgIpc) is 3.60. The van der Waals surface area contributed by atoms with Crippen molar-refractivity contribution in [2.45, 2.75) is 0 Å². The molecule has 0 saturated carbocycles. The van der Waals surface area contributed by atoms with Crippen LogP contribution in [0.4, 0.5) is 0 Å². The van der Waals surface area contributed by atoms with E-state index in [1.54, 1.807) is 0 Å². The number of nitrogens with one attached hydrogen (secondary N) is 1. The van der Waals surface area contributed by atoms with E-state index >= 15 is 0 Å². The molecule has 0 aliphatic rings. The van der Waals surface area contributed by atoms with Gasteiger partial charge in [-0.15, -0.1) is 0 Å². The second-order valence-corrected chi connectivity index (χ2v) is 9.77. The van der Waals surface area contributed by atoms with Gasteiger partial charge in [0.15, 0.2) is 0 Å². The summed E-state index contributed by atoms with van der Waals surface area (Å²) >= 11 is 0. The van der Waals surface area contributed by atoms with Crippen molar-refractivity contribution < 1.29 is 0 Å². The number of aromatic nitrogens is 3. The van der Waals surface area contributed by atoms with Crippen molar-refractivity contribution in [3.8, 4) is 28.2 Å². The van der Waals surface area contributed by atoms with Gasteiger partial charge < -0.3 is 9.55 Å². The SMILES string of the molecule is c1ccc(-c2cc(-c3ccccc3)nc(-n3ccc4ccc5c(ccc6[nH]c7ccccc7c65)c43)c2)cc1. The van der Waals surface area contributed by atoms with E-state index in [1.165, 1.54) is 38.0 Å². The Morgan fingerprint density at radius 2 is 1.26 bits per heavy atom. The summed E-state index contributed by atoms with van der Waals surface area (Å²) in [4.78, 5) is 8.78. The molecule has 8 aromatic rings. The number of rotatable bonds is 3. The molecule has 3 aromatic heterocycles. The molecular weight excluding hydrogens is 462 g/mol. The monoisotopic (exact) mass is 485 g/mol. The lowest BCUT2D eigenvalue weighted by molar-refractivity contribution is 1.05. The highest BCUT2D eigenvalue weighted by Crippen LogP contribution is 2.37. The van der Waals surface area contributed by atoms with E-state index in [-0.39, 0.29) is 0 Å². The van der Waals surface area contributed by atoms with Gasteiger partial charge in [0.05, 0.1) is 11.2 Å². The van der Waals surface area contributed by atoms with Gasteiger partial charge in [0.1, 0.15) is 5.82 Å². The number of hydrogen-bond donors (Lipinski definition) is 1. The van der Waals surface area contributed by atoms with E-state index in [9.17, 15) is 0 Å². The van der Waals surface area contributed by atoms with Crippen LogP contribution in [0.5, 0.6) is 0 Å². The summed E-state index contributed by atoms with van der Waals surface area (Å²) in [6.07, 6.45) is 2.15. The van der Waals surface area contributed by atoms with E-state index < -0.39 is 0 Å². The van der Waals surface area contributed by atoms with Crippen LogP contribution in [0, 0.1) is 0 Å². The molecule has 5 aromatic carbocycles. The van der Waals surface area contributed by atoms with E-state index in [0.717, 1.165) is 33.7 Å². The average molecular weight is 486 g/mol. The molecule has 8 rings (SSSR count). The van der Waals surface area contributed by atoms with E-state index in [1.807, 2.05) is 6.07 Å². The van der Waals surface area contributed by atoms with Gasteiger partial charge in [-0.1, -0.05) is 97.1 Å². The minimum Gasteiger partial charge on any atom is -0.354 e. The maximum atomic E-state index is 5.19. The predicted molar refractivity (Wildman–Crippen MR) is 159 cm³/mol. The van der Waals surface area contributed by atoms with E-state index in [0.29, 0.717) is 0 Å². The first kappa shape index (κ1) is 21.0. The first-order valence-electron chi connectivity index (χ1n) is 12.9. The largest absolute Gasteiger partial charge is 0.354 e. The number of hydrogen-bond acceptors (Lipinski definition) is 1. The summed E-state index contributed by atoms with van der Waals surface area (Å²) in [7, 11) is 0. The first-order valence-corrected chi connectivity index (χ1v) is 12.9. The molecule has 0 amide bonds. The molecule has 3 heteroatoms. The Hall–Kier alpha value is -5.15. The van der Waals surface area contributed by atoms with Gasteiger partial charge in [-0.2, -0.15) is 0 Å². The number of benzene rings is 5. The van der Waals surface area contributed by atoms with Gasteiger partial charge in [-0.3, -0.25) is 0 Å². The minimum atomic E-state index is 0.909. The summed E-state index contributed by atoms with van der Waals surface area (Å²) in [5, 5.41) is 6.18. The number of fused-ring (bicyclic) bond motifs is 7. The normalized spacial score (nSPS) is 11.7. The number of nitrogens with zero attached hydrogens (tertiary/aromatic N) is 2. The van der Waals surface area contributed by atoms with Crippen LogP contribution in [0.2, 0.25) is 0 Å². The number of pyridine rings is 1. The maximum Gasteiger partial charge on any atom is 0.138 e. The lowest BCUT2D eigenvalue weighted by Gasteiger charge is -2.13. The Balaban J connectivity index is 1.43. The number of aromatic amines is 1. The standard InChI is InChI=1S/C35H23N3/c1-3-9-23(10-4-1)26-21-32(24-11-5-2-6-12-24)37-33(22-26)38-20-19-25-15-16-27-28(35(25)38)17-18-31-34(27)29-13-7-8-14-30(29)36-31/h1-22,36H. The van der Waals surface area contributed by atoms with Crippen molar-refractivity contribution in [1.82, 2.24) is 14.5 Å². The Morgan fingerprint density at radius 1 is 0.526 bits per heavy atom. The van der Waals surface area contributed by atoms with Gasteiger partial charge >= 0.3 is 0 Å². The minimum absolute atomic E-state index is 0.909. The van der Waals surface area contributed by atoms with Crippen molar-refractivity contribution in [1.29, 1.82) is 0 Å². The second-order valence-electron chi connectivity index (χ2n) is 9.77. The van der Waals surface area contributed by atoms with Crippen LogP contribution in [0.3, 0.4) is 0 Å². The highest BCUT2D eigenvalue weighted by molar-refractivity contribution is 6.24. The smallest absolute Gasteiger partial charge is 0.138 e. The summed E-state index contributed by atoms with van der Waals surface area (Å²) in [5.41, 5.74) is 7.88. The molecule has 1 N–H and O–H groups in total. The molecule has 178 valence electrons. The van der Waals surface area contributed by atoms with E-state index in [4.69, 9.17) is 4.98 Å². The van der Waals surface area contributed by atoms with Crippen molar-refractivity contribution in [3.05, 3.63) is 134 Å². The molecule has 38 heavy (non-hydrogen) atoms. The maximum absolute atomic E-state index is 5.19. The van der Waals surface area contributed by atoms with Crippen LogP contribution >= 0.6 is 0 Å². The zero-order valence-corrected chi connectivity index (χ0v) is 20.6. The van der Waals surface area contributed by atoms with Crippen molar-refractivity contribution >= 4 is 43.5 Å². The lowest BCUT2D eigenvalue weighted by atomic mass is 10.0. The molecule has 0 atom stereocenters. The molecule has 0 fully saturated rings. The molecule has 3 heterocycles. The highest BCUT2D eigenvalue weighted by atomic mass is 15.1. The Bertz CT molecular complexity index is 2060. The van der Waals surface area contributed by atoms with E-state index in [2.05, 4.69) is 137 Å². The summed E-state index contributed by atoms with van der Waals surface area (Å²) in [5.74, 6) is 0.909. The predicted octanol–water partition coefficient (Wildman–Crippen LogP) is 9.15. The zero-order valence-electron chi connectivity index (χ0n) is 20.6. The second kappa shape index (κ2) is 8.19. The van der Waals surface area contributed by atoms with Gasteiger partial charge in [-0.25, -0.2) is 4.98 Å². The van der Waals surface area contributed by atoms with Gasteiger partial charge in [0.2, 0.25) is 0 Å². The molecule has 0 spiro atoms. The van der Waals surface area contributed by atoms with Crippen LogP contribution in [0.15, 0.2) is 134 Å². The fraction of sp³-hybridized carbons (Fsp3) is 0. The number of H-pyrrole nitrogens is 1. The fourth-order valence-electron chi connectivity index (χ4n) is 5.77. The zero-order chi connectivity index (χ0) is 25.1. The molecule has 0 saturated heterocycles. The van der Waals surface area contributed by atoms with Crippen molar-refractivity contribution in [2.75, 3.05) is 0 Å². The molecule has 0 radical (unpaired) electrons. The van der Waals surface area contributed by atoms with Gasteiger partial charge in [0, 0.05) is 44.3 Å². The summed E-state index contributed by atoms with van der Waals surface area (Å²) < 4.78 is 2.25. The molecule has 0 aliphatic heterocycles. The molecule has 0 aliphatic carbocycles. The van der Waals surface area contributed by atoms with Crippen molar-refractivity contribution in [2.24, 2.45) is 0 Å². The topological polar surface area (TPSA) is 33.6 Å². The lowest BCUT2D eigenvalue weighted by Crippen LogP contribution is -1.99. The quantitative estimate of drug-likeness (QED) is 0.266. The molecule has 0 unspecified atom stereocenters. The third-order valence-corrected chi connectivity index (χ3v) is 7.55. The van der Waals surface area contributed by atoms with Crippen LogP contribution in [-0.2, 0) is 0 Å². The third kappa shape index (κ3) is 3.19. The Labute approximate surface area is 219 Å². The Morgan fingerprint density at radius 3 is 2.11 bits per heavy atom. The summed E-state index contributed by atoms with van der Waals surface area (Å²) in [6, 6.07) is 45.0. The van der Waals surface area contributed by atoms with Gasteiger partial charge in [0.25, 0.3) is 0 Å². The third-order valence-electron chi connectivity index (χ3n) is 7.55. The number of para-hydroxylation sites is 1. The highest BCUT2D eigenvalue weighted by Gasteiger charge is 2.15. The summed E-state index contributed by atoms with van der Waals surface area (Å²) in [6.45, 7) is 0. The van der Waals surface area contributed by atoms with Crippen LogP contribution in [0.25, 0.3) is 71.7 Å². The van der Waals surface area contributed by atoms with Crippen molar-refractivity contribution in [3.63, 3.8) is 0 Å². The Kier molecular flexibility index (Phi) is 4.52. The van der Waals surface area contributed by atoms with Gasteiger partial charge in [-0.05, 0) is 46.8 Å². The molecule has 3 nitrogen and oxygen atoms in total.